The average molecular weight is 361 g/mol. The van der Waals surface area contributed by atoms with Gasteiger partial charge in [-0.3, -0.25) is 10.1 Å². The molecule has 0 saturated carbocycles. The minimum Gasteiger partial charge on any atom is -0.376 e. The van der Waals surface area contributed by atoms with E-state index in [0.717, 1.165) is 17.7 Å². The SMILES string of the molecule is O=[N+]([O-])c1ccc(Cl)c([C@@H]2Nc3c(Cl)cccc3[C@@H]3C=CC[C@@H]32)c1. The van der Waals surface area contributed by atoms with Crippen molar-refractivity contribution in [2.24, 2.45) is 5.92 Å². The van der Waals surface area contributed by atoms with Gasteiger partial charge in [0.25, 0.3) is 5.69 Å². The number of anilines is 1. The summed E-state index contributed by atoms with van der Waals surface area (Å²) in [4.78, 5) is 10.7. The molecule has 2 aromatic rings. The molecular weight excluding hydrogens is 347 g/mol. The third-order valence-electron chi connectivity index (χ3n) is 4.87. The van der Waals surface area contributed by atoms with E-state index in [4.69, 9.17) is 23.2 Å². The van der Waals surface area contributed by atoms with E-state index in [-0.39, 0.29) is 23.6 Å². The molecule has 0 saturated heterocycles. The van der Waals surface area contributed by atoms with Gasteiger partial charge in [-0.2, -0.15) is 0 Å². The summed E-state index contributed by atoms with van der Waals surface area (Å²) < 4.78 is 0. The maximum Gasteiger partial charge on any atom is 0.269 e. The Morgan fingerprint density at radius 3 is 2.75 bits per heavy atom. The number of hydrogen-bond acceptors (Lipinski definition) is 3. The normalized spacial score (nSPS) is 24.2. The number of fused-ring (bicyclic) bond motifs is 3. The fraction of sp³-hybridized carbons (Fsp3) is 0.222. The monoisotopic (exact) mass is 360 g/mol. The number of allylic oxidation sites excluding steroid dienone is 2. The van der Waals surface area contributed by atoms with Crippen LogP contribution < -0.4 is 5.32 Å². The molecule has 0 bridgehead atoms. The highest BCUT2D eigenvalue weighted by atomic mass is 35.5. The van der Waals surface area contributed by atoms with E-state index >= 15 is 0 Å². The summed E-state index contributed by atoms with van der Waals surface area (Å²) >= 11 is 12.8. The first-order valence-electron chi connectivity index (χ1n) is 7.71. The molecule has 0 unspecified atom stereocenters. The molecule has 0 radical (unpaired) electrons. The van der Waals surface area contributed by atoms with E-state index in [1.54, 1.807) is 12.1 Å². The molecule has 1 heterocycles. The summed E-state index contributed by atoms with van der Waals surface area (Å²) in [6.45, 7) is 0. The van der Waals surface area contributed by atoms with Crippen LogP contribution in [0.3, 0.4) is 0 Å². The molecule has 2 aliphatic rings. The number of non-ortho nitro benzene ring substituents is 1. The number of rotatable bonds is 2. The van der Waals surface area contributed by atoms with Crippen LogP contribution in [0.4, 0.5) is 11.4 Å². The Balaban J connectivity index is 1.84. The van der Waals surface area contributed by atoms with Crippen LogP contribution in [-0.4, -0.2) is 4.92 Å². The number of nitro groups is 1. The van der Waals surface area contributed by atoms with Crippen LogP contribution in [0.5, 0.6) is 0 Å². The third kappa shape index (κ3) is 2.38. The average Bonchev–Trinajstić information content (AvgIpc) is 3.05. The zero-order chi connectivity index (χ0) is 16.8. The molecule has 122 valence electrons. The lowest BCUT2D eigenvalue weighted by atomic mass is 9.77. The van der Waals surface area contributed by atoms with Crippen molar-refractivity contribution in [3.05, 3.63) is 79.8 Å². The molecule has 1 aliphatic carbocycles. The first-order valence-corrected chi connectivity index (χ1v) is 8.47. The fourth-order valence-corrected chi connectivity index (χ4v) is 4.25. The van der Waals surface area contributed by atoms with Crippen molar-refractivity contribution in [2.75, 3.05) is 5.32 Å². The molecule has 1 N–H and O–H groups in total. The van der Waals surface area contributed by atoms with Crippen LogP contribution in [0.1, 0.15) is 29.5 Å². The zero-order valence-corrected chi connectivity index (χ0v) is 14.1. The molecule has 0 spiro atoms. The summed E-state index contributed by atoms with van der Waals surface area (Å²) in [5.41, 5.74) is 2.84. The number of halogens is 2. The number of nitrogens with zero attached hydrogens (tertiary/aromatic N) is 1. The Hall–Kier alpha value is -2.04. The van der Waals surface area contributed by atoms with Gasteiger partial charge in [-0.1, -0.05) is 47.5 Å². The van der Waals surface area contributed by atoms with Gasteiger partial charge in [-0.25, -0.2) is 0 Å². The van der Waals surface area contributed by atoms with Gasteiger partial charge in [0.1, 0.15) is 0 Å². The number of benzene rings is 2. The predicted octanol–water partition coefficient (Wildman–Crippen LogP) is 5.73. The molecule has 6 heteroatoms. The minimum absolute atomic E-state index is 0.0451. The number of para-hydroxylation sites is 1. The van der Waals surface area contributed by atoms with Gasteiger partial charge in [0, 0.05) is 28.6 Å². The Bertz CT molecular complexity index is 866. The van der Waals surface area contributed by atoms with Crippen molar-refractivity contribution in [3.63, 3.8) is 0 Å². The number of hydrogen-bond donors (Lipinski definition) is 1. The number of nitrogens with one attached hydrogen (secondary N) is 1. The van der Waals surface area contributed by atoms with Gasteiger partial charge in [0.05, 0.1) is 21.7 Å². The molecule has 2 aromatic carbocycles. The summed E-state index contributed by atoms with van der Waals surface area (Å²) in [5, 5.41) is 15.8. The Labute approximate surface area is 149 Å². The molecule has 24 heavy (non-hydrogen) atoms. The molecule has 4 nitrogen and oxygen atoms in total. The largest absolute Gasteiger partial charge is 0.376 e. The molecular formula is C18H14Cl2N2O2. The van der Waals surface area contributed by atoms with Crippen LogP contribution in [-0.2, 0) is 0 Å². The Morgan fingerprint density at radius 1 is 1.12 bits per heavy atom. The summed E-state index contributed by atoms with van der Waals surface area (Å²) in [5.74, 6) is 0.496. The van der Waals surface area contributed by atoms with Gasteiger partial charge in [0.2, 0.25) is 0 Å². The smallest absolute Gasteiger partial charge is 0.269 e. The van der Waals surface area contributed by atoms with Crippen LogP contribution in [0, 0.1) is 16.0 Å². The number of nitro benzene ring substituents is 1. The molecule has 0 fully saturated rings. The first-order chi connectivity index (χ1) is 11.6. The van der Waals surface area contributed by atoms with Crippen LogP contribution in [0.25, 0.3) is 0 Å². The molecule has 3 atom stereocenters. The van der Waals surface area contributed by atoms with Gasteiger partial charge < -0.3 is 5.32 Å². The highest BCUT2D eigenvalue weighted by Crippen LogP contribution is 2.52. The fourth-order valence-electron chi connectivity index (χ4n) is 3.77. The van der Waals surface area contributed by atoms with Crippen LogP contribution in [0.15, 0.2) is 48.6 Å². The highest BCUT2D eigenvalue weighted by Gasteiger charge is 2.39. The molecule has 4 rings (SSSR count). The molecule has 0 aromatic heterocycles. The quantitative estimate of drug-likeness (QED) is 0.422. The van der Waals surface area contributed by atoms with E-state index in [9.17, 15) is 10.1 Å². The van der Waals surface area contributed by atoms with Crippen LogP contribution >= 0.6 is 23.2 Å². The lowest BCUT2D eigenvalue weighted by Crippen LogP contribution is -2.29. The first kappa shape index (κ1) is 15.5. The van der Waals surface area contributed by atoms with Crippen LogP contribution in [0.2, 0.25) is 10.0 Å². The maximum atomic E-state index is 11.1. The Kier molecular flexibility index (Phi) is 3.74. The minimum atomic E-state index is -0.395. The van der Waals surface area contributed by atoms with E-state index < -0.39 is 4.92 Å². The van der Waals surface area contributed by atoms with Crippen molar-refractivity contribution in [1.29, 1.82) is 0 Å². The second kappa shape index (κ2) is 5.80. The van der Waals surface area contributed by atoms with Crippen molar-refractivity contribution in [2.45, 2.75) is 18.4 Å². The van der Waals surface area contributed by atoms with E-state index in [1.807, 2.05) is 12.1 Å². The maximum absolute atomic E-state index is 11.1. The predicted molar refractivity (Wildman–Crippen MR) is 95.9 cm³/mol. The topological polar surface area (TPSA) is 55.2 Å². The summed E-state index contributed by atoms with van der Waals surface area (Å²) in [7, 11) is 0. The molecule has 0 amide bonds. The van der Waals surface area contributed by atoms with E-state index in [1.165, 1.54) is 11.6 Å². The molecule has 1 aliphatic heterocycles. The lowest BCUT2D eigenvalue weighted by Gasteiger charge is -2.38. The van der Waals surface area contributed by atoms with E-state index in [0.29, 0.717) is 10.0 Å². The van der Waals surface area contributed by atoms with Gasteiger partial charge >= 0.3 is 0 Å². The van der Waals surface area contributed by atoms with Crippen molar-refractivity contribution >= 4 is 34.6 Å². The lowest BCUT2D eigenvalue weighted by molar-refractivity contribution is -0.384. The van der Waals surface area contributed by atoms with E-state index in [2.05, 4.69) is 23.5 Å². The summed E-state index contributed by atoms with van der Waals surface area (Å²) in [6.07, 6.45) is 5.25. The summed E-state index contributed by atoms with van der Waals surface area (Å²) in [6, 6.07) is 10.3. The van der Waals surface area contributed by atoms with Crippen molar-refractivity contribution in [1.82, 2.24) is 0 Å². The van der Waals surface area contributed by atoms with Crippen molar-refractivity contribution < 1.29 is 4.92 Å². The standard InChI is InChI=1S/C18H14Cl2N2O2/c19-15-8-7-10(22(23)24)9-14(15)17-12-4-1-3-11(12)13-5-2-6-16(20)18(13)21-17/h1-3,5-9,11-12,17,21H,4H2/t11-,12+,17-/m1/s1. The van der Waals surface area contributed by atoms with Gasteiger partial charge in [-0.05, 0) is 30.0 Å². The second-order valence-corrected chi connectivity index (χ2v) is 6.96. The van der Waals surface area contributed by atoms with Gasteiger partial charge in [0.15, 0.2) is 0 Å². The third-order valence-corrected chi connectivity index (χ3v) is 5.53. The second-order valence-electron chi connectivity index (χ2n) is 6.14. The highest BCUT2D eigenvalue weighted by molar-refractivity contribution is 6.33. The zero-order valence-electron chi connectivity index (χ0n) is 12.6. The Morgan fingerprint density at radius 2 is 1.96 bits per heavy atom. The van der Waals surface area contributed by atoms with Gasteiger partial charge in [-0.15, -0.1) is 0 Å². The van der Waals surface area contributed by atoms with Crippen molar-refractivity contribution in [3.8, 4) is 0 Å².